The molecule has 0 bridgehead atoms. The molecule has 0 radical (unpaired) electrons. The van der Waals surface area contributed by atoms with Gasteiger partial charge in [0.15, 0.2) is 11.0 Å². The number of carbonyl (C=O) groups excluding carboxylic acids is 1. The minimum Gasteiger partial charge on any atom is -0.507 e. The Morgan fingerprint density at radius 3 is 2.76 bits per heavy atom. The molecule has 59 heavy (non-hydrogen) atoms. The van der Waals surface area contributed by atoms with Crippen LogP contribution in [0.25, 0.3) is 22.2 Å². The lowest BCUT2D eigenvalue weighted by atomic mass is 9.77. The van der Waals surface area contributed by atoms with Crippen LogP contribution in [0, 0.1) is 6.92 Å². The number of nitrogen functional groups attached to an aromatic ring is 1. The number of esters is 1. The molecule has 2 saturated heterocycles. The van der Waals surface area contributed by atoms with Gasteiger partial charge in [0.1, 0.15) is 76.6 Å². The number of aromatic hydroxyl groups is 1. The van der Waals surface area contributed by atoms with Crippen molar-refractivity contribution in [3.05, 3.63) is 92.7 Å². The van der Waals surface area contributed by atoms with Crippen molar-refractivity contribution in [3.63, 3.8) is 0 Å². The molecule has 0 aliphatic carbocycles. The number of aliphatic imine (C=N–C) groups is 1. The SMILES string of the molecule is CCCCCNc1cc(-c2cc(CC[C@H]3O[C@@]34CCCC[C@@H]3c5c(cc6oc(C)cc(=O)c6c5O)OC(C)(C)[C@@H]3OC4=O)cc(N)n2)cc(C[NH+]2C=C3N=CC=C3C2)n1. The van der Waals surface area contributed by atoms with E-state index in [9.17, 15) is 14.7 Å². The van der Waals surface area contributed by atoms with Crippen LogP contribution in [0.1, 0.15) is 101 Å². The van der Waals surface area contributed by atoms with E-state index in [1.165, 1.54) is 16.5 Å². The molecule has 1 unspecified atom stereocenters. The van der Waals surface area contributed by atoms with E-state index in [1.807, 2.05) is 32.2 Å². The molecule has 13 nitrogen and oxygen atoms in total. The van der Waals surface area contributed by atoms with Crippen molar-refractivity contribution >= 4 is 34.8 Å². The molecule has 5 N–H and O–H groups in total. The fourth-order valence-corrected chi connectivity index (χ4v) is 9.54. The van der Waals surface area contributed by atoms with Gasteiger partial charge in [-0.05, 0) is 95.2 Å². The van der Waals surface area contributed by atoms with Crippen LogP contribution in [0.4, 0.5) is 11.6 Å². The maximum Gasteiger partial charge on any atom is 0.341 e. The topological polar surface area (TPSA) is 179 Å². The highest BCUT2D eigenvalue weighted by atomic mass is 16.7. The van der Waals surface area contributed by atoms with Crippen molar-refractivity contribution in [2.24, 2.45) is 4.99 Å². The van der Waals surface area contributed by atoms with Crippen molar-refractivity contribution in [3.8, 4) is 22.8 Å². The lowest BCUT2D eigenvalue weighted by Crippen LogP contribution is -3.04. The Hall–Kier alpha value is -5.53. The van der Waals surface area contributed by atoms with Gasteiger partial charge >= 0.3 is 5.97 Å². The normalized spacial score (nSPS) is 25.2. The predicted octanol–water partition coefficient (Wildman–Crippen LogP) is 6.21. The summed E-state index contributed by atoms with van der Waals surface area (Å²) in [5, 5.41) is 15.2. The molecule has 2 fully saturated rings. The van der Waals surface area contributed by atoms with Crippen LogP contribution in [0.2, 0.25) is 0 Å². The Kier molecular flexibility index (Phi) is 10.1. The van der Waals surface area contributed by atoms with Crippen molar-refractivity contribution < 1.29 is 33.4 Å². The second kappa shape index (κ2) is 15.3. The monoisotopic (exact) mass is 801 g/mol. The van der Waals surface area contributed by atoms with Gasteiger partial charge in [-0.3, -0.25) is 14.7 Å². The Bertz CT molecular complexity index is 2490. The van der Waals surface area contributed by atoms with E-state index in [1.54, 1.807) is 13.0 Å². The third-order valence-corrected chi connectivity index (χ3v) is 12.5. The average Bonchev–Trinajstić information content (AvgIpc) is 3.46. The van der Waals surface area contributed by atoms with Crippen molar-refractivity contribution in [1.29, 1.82) is 0 Å². The van der Waals surface area contributed by atoms with E-state index in [0.717, 1.165) is 79.2 Å². The van der Waals surface area contributed by atoms with E-state index < -0.39 is 29.2 Å². The number of aryl methyl sites for hydroxylation is 2. The molecule has 5 aliphatic heterocycles. The van der Waals surface area contributed by atoms with E-state index >= 15 is 0 Å². The van der Waals surface area contributed by atoms with Crippen LogP contribution in [-0.4, -0.2) is 63.8 Å². The summed E-state index contributed by atoms with van der Waals surface area (Å²) >= 11 is 0. The summed E-state index contributed by atoms with van der Waals surface area (Å²) < 4.78 is 25.0. The standard InChI is InChI=1S/C46H52N6O7/c1-5-6-9-15-49-39-21-29(20-30(50-39)24-52-23-28-13-16-48-33(28)25-52)32-18-27(19-38(47)51-32)11-12-37-46(59-37)14-8-7-10-31-40-36(58-45(3,4)43(31)57-44(46)55)22-35-41(42(40)54)34(53)17-26(2)56-35/h13,16-22,25,31,37,43,54H,5-12,14-15,23-24H2,1-4H3,(H2,47,51)(H,49,50)/p+1/t31-,37-,43-,46+/m1/s1. The molecule has 3 aromatic heterocycles. The first-order valence-corrected chi connectivity index (χ1v) is 21.1. The number of hydrogen-bond donors (Lipinski definition) is 4. The van der Waals surface area contributed by atoms with Crippen LogP contribution in [-0.2, 0) is 27.2 Å². The van der Waals surface area contributed by atoms with Gasteiger partial charge in [-0.2, -0.15) is 0 Å². The average molecular weight is 802 g/mol. The Morgan fingerprint density at radius 2 is 1.93 bits per heavy atom. The number of fused-ring (bicyclic) bond motifs is 5. The number of hydrogen-bond acceptors (Lipinski definition) is 12. The molecule has 1 aromatic carbocycles. The van der Waals surface area contributed by atoms with Crippen LogP contribution < -0.4 is 26.1 Å². The van der Waals surface area contributed by atoms with Crippen molar-refractivity contribution in [2.45, 2.75) is 121 Å². The van der Waals surface area contributed by atoms with E-state index in [2.05, 4.69) is 41.6 Å². The zero-order valence-electron chi connectivity index (χ0n) is 34.2. The second-order valence-electron chi connectivity index (χ2n) is 17.3. The maximum atomic E-state index is 14.2. The molecule has 308 valence electrons. The zero-order chi connectivity index (χ0) is 41.1. The minimum atomic E-state index is -1.07. The summed E-state index contributed by atoms with van der Waals surface area (Å²) in [6, 6.07) is 11.2. The highest BCUT2D eigenvalue weighted by molar-refractivity contribution is 5.88. The fraction of sp³-hybridized carbons (Fsp3) is 0.457. The summed E-state index contributed by atoms with van der Waals surface area (Å²) in [5.41, 5.74) is 10.8. The molecule has 8 heterocycles. The lowest BCUT2D eigenvalue weighted by Gasteiger charge is -2.44. The number of rotatable bonds is 11. The van der Waals surface area contributed by atoms with Crippen LogP contribution >= 0.6 is 0 Å². The van der Waals surface area contributed by atoms with Gasteiger partial charge in [0.2, 0.25) is 0 Å². The van der Waals surface area contributed by atoms with Crippen LogP contribution in [0.5, 0.6) is 11.5 Å². The van der Waals surface area contributed by atoms with E-state index in [-0.39, 0.29) is 28.3 Å². The Morgan fingerprint density at radius 1 is 1.07 bits per heavy atom. The molecular formula is C46H53N6O7+. The number of nitrogens with zero attached hydrogens (tertiary/aromatic N) is 3. The fourth-order valence-electron chi connectivity index (χ4n) is 9.54. The highest BCUT2D eigenvalue weighted by Gasteiger charge is 2.64. The number of ether oxygens (including phenoxy) is 3. The van der Waals surface area contributed by atoms with Gasteiger partial charge < -0.3 is 34.8 Å². The van der Waals surface area contributed by atoms with Crippen molar-refractivity contribution in [2.75, 3.05) is 24.1 Å². The number of anilines is 2. The zero-order valence-corrected chi connectivity index (χ0v) is 34.2. The third kappa shape index (κ3) is 7.50. The lowest BCUT2D eigenvalue weighted by molar-refractivity contribution is -0.852. The summed E-state index contributed by atoms with van der Waals surface area (Å²) in [4.78, 5) is 42.8. The molecule has 4 aromatic rings. The van der Waals surface area contributed by atoms with Gasteiger partial charge in [-0.15, -0.1) is 0 Å². The first-order chi connectivity index (χ1) is 28.4. The molecule has 5 aliphatic rings. The molecular weight excluding hydrogens is 749 g/mol. The van der Waals surface area contributed by atoms with Gasteiger partial charge in [0, 0.05) is 47.5 Å². The first kappa shape index (κ1) is 39.0. The summed E-state index contributed by atoms with van der Waals surface area (Å²) in [5.74, 6) is 1.11. The number of phenolic OH excluding ortho intramolecular Hbond substituents is 1. The highest BCUT2D eigenvalue weighted by Crippen LogP contribution is 2.53. The number of benzene rings is 1. The number of quaternary nitrogens is 1. The Balaban J connectivity index is 0.925. The smallest absolute Gasteiger partial charge is 0.341 e. The summed E-state index contributed by atoms with van der Waals surface area (Å²) in [7, 11) is 0. The number of aromatic nitrogens is 2. The van der Waals surface area contributed by atoms with Gasteiger partial charge in [0.25, 0.3) is 0 Å². The Labute approximate surface area is 343 Å². The maximum absolute atomic E-state index is 14.2. The number of phenols is 1. The molecule has 1 spiro atoms. The number of carbonyl (C=O) groups is 1. The van der Waals surface area contributed by atoms with Crippen LogP contribution in [0.3, 0.4) is 0 Å². The number of allylic oxidation sites excluding steroid dienone is 1. The largest absolute Gasteiger partial charge is 0.507 e. The number of epoxide rings is 1. The second-order valence-corrected chi connectivity index (χ2v) is 17.3. The molecule has 0 amide bonds. The van der Waals surface area contributed by atoms with Crippen molar-refractivity contribution in [1.82, 2.24) is 9.97 Å². The molecule has 9 rings (SSSR count). The van der Waals surface area contributed by atoms with Crippen LogP contribution in [0.15, 0.2) is 74.1 Å². The summed E-state index contributed by atoms with van der Waals surface area (Å²) in [6.45, 7) is 10.1. The molecule has 0 saturated carbocycles. The van der Waals surface area contributed by atoms with Gasteiger partial charge in [-0.25, -0.2) is 14.8 Å². The minimum absolute atomic E-state index is 0.102. The molecule has 5 atom stereocenters. The predicted molar refractivity (Wildman–Crippen MR) is 225 cm³/mol. The first-order valence-electron chi connectivity index (χ1n) is 21.1. The quantitative estimate of drug-likeness (QED) is 0.0770. The van der Waals surface area contributed by atoms with E-state index in [0.29, 0.717) is 55.1 Å². The number of nitrogens with one attached hydrogen (secondary N) is 2. The number of nitrogens with two attached hydrogens (primary N) is 1. The van der Waals surface area contributed by atoms with E-state index in [4.69, 9.17) is 34.3 Å². The summed E-state index contributed by atoms with van der Waals surface area (Å²) in [6.07, 6.45) is 12.3. The molecule has 13 heteroatoms. The third-order valence-electron chi connectivity index (χ3n) is 12.5. The number of unbranched alkanes of at least 4 members (excludes halogenated alkanes) is 2. The number of pyridine rings is 2. The van der Waals surface area contributed by atoms with Gasteiger partial charge in [-0.1, -0.05) is 26.2 Å². The van der Waals surface area contributed by atoms with Gasteiger partial charge in [0.05, 0.1) is 17.5 Å².